The molecule has 20 bridgehead atoms. The van der Waals surface area contributed by atoms with Gasteiger partial charge in [0.2, 0.25) is 0 Å². The zero-order chi connectivity index (χ0) is 105. The zero-order valence-electron chi connectivity index (χ0n) is 92.3. The second-order valence-electron chi connectivity index (χ2n) is 54.6. The van der Waals surface area contributed by atoms with Crippen molar-refractivity contribution in [2.24, 2.45) is 202 Å². The number of aliphatic hydroxyl groups excluding tert-OH is 5. The van der Waals surface area contributed by atoms with Gasteiger partial charge in [0.15, 0.2) is 0 Å². The van der Waals surface area contributed by atoms with Gasteiger partial charge < -0.3 is 52.1 Å². The van der Waals surface area contributed by atoms with Crippen LogP contribution in [0.4, 0.5) is 65.9 Å². The van der Waals surface area contributed by atoms with Crippen LogP contribution in [0.1, 0.15) is 283 Å². The molecule has 39 heteroatoms. The van der Waals surface area contributed by atoms with Crippen LogP contribution in [-0.4, -0.2) is 137 Å². The Morgan fingerprint density at radius 1 is 0.285 bits per heavy atom. The maximum atomic E-state index is 12.7. The number of hydrogen-bond acceptors (Lipinski definition) is 11. The summed E-state index contributed by atoms with van der Waals surface area (Å²) in [5.74, 6) is 12.6. The van der Waals surface area contributed by atoms with Crippen LogP contribution in [0.5, 0.6) is 0 Å². The fourth-order valence-corrected chi connectivity index (χ4v) is 40.1. The van der Waals surface area contributed by atoms with Crippen LogP contribution in [0.15, 0.2) is 0 Å². The van der Waals surface area contributed by atoms with Gasteiger partial charge in [-0.25, -0.2) is 65.9 Å². The number of aliphatic hydroxyl groups is 5. The molecule has 0 amide bonds. The Labute approximate surface area is 844 Å². The van der Waals surface area contributed by atoms with E-state index in [0.29, 0.717) is 140 Å². The summed E-state index contributed by atoms with van der Waals surface area (Å²) in [6, 6.07) is -2.19. The molecule has 20 rings (SSSR count). The Bertz CT molecular complexity index is 3680. The van der Waals surface area contributed by atoms with E-state index >= 15 is 0 Å². The van der Waals surface area contributed by atoms with E-state index in [4.69, 9.17) is 59.8 Å². The Morgan fingerprint density at radius 2 is 0.479 bits per heavy atom. The fourth-order valence-electron chi connectivity index (χ4n) is 37.7. The molecule has 20 aliphatic rings. The Balaban J connectivity index is 0.000000253. The van der Waals surface area contributed by atoms with Crippen molar-refractivity contribution in [1.82, 2.24) is 0 Å². The third kappa shape index (κ3) is 26.2. The molecule has 0 heterocycles. The van der Waals surface area contributed by atoms with E-state index in [0.717, 1.165) is 106 Å². The second kappa shape index (κ2) is 43.8. The first kappa shape index (κ1) is 128. The van der Waals surface area contributed by atoms with Gasteiger partial charge in [-0.1, -0.05) is 182 Å². The summed E-state index contributed by atoms with van der Waals surface area (Å²) in [4.78, 5) is 0. The first-order chi connectivity index (χ1) is 63.1. The van der Waals surface area contributed by atoms with Gasteiger partial charge in [-0.05, 0) is 360 Å². The zero-order valence-corrected chi connectivity index (χ0v) is 132. The van der Waals surface area contributed by atoms with E-state index in [2.05, 4.69) is 122 Å². The van der Waals surface area contributed by atoms with E-state index in [1.807, 2.05) is 33.9 Å². The molecule has 35 atom stereocenters. The SMILES string of the molecule is CC12CC(C[C-](O)C(F)(F)F)C(C)(C1)C1C3CCC(C3)C12.CC12CCC(C)(C1)C1C3CC(CC3C[C-](O)C(F)(F)F)C12.CC12CCC(C)(C1)C1C3CC(CC3C[C-](O)C(F)(F)F)C12.CC12CCC(C)(C1)C1C3CC(CC3C[C-](O)C(F)(F)F)C12.CC12CCC(C)(C1)C1C3CC(CC3C[C-](O)C(F)(F)F)C12.CCO[Si](C)(OCC)OCC.CO[Si](C)(OC)OC.C[Si](C)(C)C.C[Si](C)(C)C.C[Si](Cl)(Cl)Cl.[Rf].[Rf].[Rf].[Rf].[Rf]. The molecule has 0 saturated heterocycles. The molecule has 20 saturated carbocycles. The topological polar surface area (TPSA) is 157 Å². The standard InChI is InChI=1S/5C17H24F3O.C7H18O3Si.C4H12O3Si.2C4H12Si.CH3Cl3Si.5Rf/c4*1-15-3-4-16(2,8-15)14-11-6-10(13(14)15)5-9(11)7-12(21)17(18,19)20;1-15-7-11(6-12(21)17(18,19)20)16(2,8-15)14-10-4-3-9(5-10)13(14)15;1-5-8-11(4,9-6-2)10-7-3;1-5-8(4,6-2)7-3;3*1-5(2,3)4;;;;;/h5*9-11,13-14,21H,3-8H2,1-2H3;5-7H2,1-4H3;1-4H3;2*1-4H3;1H3;;;;;/q5*-1;;;;;;;;;;. The predicted molar refractivity (Wildman–Crippen MR) is 530 cm³/mol. The van der Waals surface area contributed by atoms with Gasteiger partial charge in [-0.3, -0.25) is 0 Å². The van der Waals surface area contributed by atoms with Gasteiger partial charge in [0.25, 0.3) is 30.9 Å². The second-order valence-corrected chi connectivity index (χ2v) is 82.2. The molecule has 824 valence electrons. The number of fused-ring (bicyclic) bond motifs is 45. The first-order valence-corrected chi connectivity index (χ1v) is 70.8. The fraction of sp³-hybridized carbons (Fsp3) is 0.952. The van der Waals surface area contributed by atoms with Gasteiger partial charge in [0.05, 0.1) is 0 Å². The Kier molecular flexibility index (Phi) is 39.0. The molecule has 35 unspecified atom stereocenters. The van der Waals surface area contributed by atoms with Gasteiger partial charge >= 0.3 is 23.6 Å². The number of halogens is 18. The molecule has 0 aliphatic heterocycles. The normalized spacial score (nSPS) is 42.7. The monoisotopic (exact) mass is 3480 g/mol. The molecule has 0 aromatic heterocycles. The van der Waals surface area contributed by atoms with Gasteiger partial charge in [-0.15, -0.1) is 65.3 Å². The van der Waals surface area contributed by atoms with E-state index in [1.54, 1.807) is 27.9 Å². The molecule has 144 heavy (non-hydrogen) atoms. The summed E-state index contributed by atoms with van der Waals surface area (Å²) < 4.78 is 220. The number of hydrogen-bond donors (Lipinski definition) is 5. The maximum Gasteiger partial charge on any atom is 0.497 e. The molecule has 20 aliphatic carbocycles. The average molecular weight is 3480 g/mol. The summed E-state index contributed by atoms with van der Waals surface area (Å²) in [6.07, 6.45) is -0.586. The van der Waals surface area contributed by atoms with Gasteiger partial charge in [-0.2, -0.15) is 0 Å². The quantitative estimate of drug-likeness (QED) is 0.0276. The van der Waals surface area contributed by atoms with E-state index in [-0.39, 0.29) is 72.5 Å². The average Bonchev–Trinajstić information content (AvgIpc) is 1.48. The van der Waals surface area contributed by atoms with Crippen LogP contribution in [0.25, 0.3) is 0 Å². The van der Waals surface area contributed by atoms with E-state index in [9.17, 15) is 91.4 Å². The van der Waals surface area contributed by atoms with E-state index in [1.165, 1.54) is 96.3 Å². The number of alkyl halides is 15. The summed E-state index contributed by atoms with van der Waals surface area (Å²) >= 11 is 15.6. The molecular weight excluding hydrogens is 3300 g/mol. The third-order valence-corrected chi connectivity index (χ3v) is 45.1. The molecule has 0 aromatic carbocycles. The molecule has 20 fully saturated rings. The molecule has 0 spiro atoms. The first-order valence-electron chi connectivity index (χ1n) is 52.8. The van der Waals surface area contributed by atoms with Crippen molar-refractivity contribution in [2.75, 3.05) is 41.2 Å². The minimum Gasteiger partial charge on any atom is -0.554 e. The molecule has 11 nitrogen and oxygen atoms in total. The van der Waals surface area contributed by atoms with Crippen LogP contribution in [0.3, 0.4) is 0 Å². The van der Waals surface area contributed by atoms with Crippen molar-refractivity contribution in [3.05, 3.63) is 30.5 Å². The smallest absolute Gasteiger partial charge is 0.497 e. The molecule has 5 N–H and O–H groups in total. The molecule has 0 radical (unpaired) electrons. The Morgan fingerprint density at radius 3 is 0.674 bits per heavy atom. The van der Waals surface area contributed by atoms with E-state index < -0.39 is 101 Å². The molecular formula is C105H177Cl3F15O11Rf5Si5-5. The summed E-state index contributed by atoms with van der Waals surface area (Å²) in [7, 11) is -0.895. The van der Waals surface area contributed by atoms with Crippen LogP contribution >= 0.6 is 33.2 Å². The number of rotatable bonds is 19. The predicted octanol–water partition coefficient (Wildman–Crippen LogP) is 33.0. The third-order valence-electron chi connectivity index (χ3n) is 40.4. The minimum absolute atomic E-state index is 0. The summed E-state index contributed by atoms with van der Waals surface area (Å²) in [5.41, 5.74) is 3.42. The van der Waals surface area contributed by atoms with Crippen LogP contribution in [-0.2, 0) is 26.6 Å². The van der Waals surface area contributed by atoms with Crippen molar-refractivity contribution in [2.45, 2.75) is 386 Å². The van der Waals surface area contributed by atoms with Gasteiger partial charge in [0, 0.05) is 70.4 Å². The Hall–Kier alpha value is -4.54. The van der Waals surface area contributed by atoms with Crippen LogP contribution < -0.4 is 0 Å². The van der Waals surface area contributed by atoms with Crippen molar-refractivity contribution >= 4 is 73.0 Å². The summed E-state index contributed by atoms with van der Waals surface area (Å²) in [6.45, 7) is 55.5. The van der Waals surface area contributed by atoms with Crippen molar-refractivity contribution in [3.8, 4) is 0 Å². The summed E-state index contributed by atoms with van der Waals surface area (Å²) in [5, 5.41) is 46.8. The van der Waals surface area contributed by atoms with Crippen molar-refractivity contribution in [3.63, 3.8) is 0 Å². The molecule has 0 aromatic rings. The van der Waals surface area contributed by atoms with Crippen LogP contribution in [0.2, 0.25) is 72.0 Å². The van der Waals surface area contributed by atoms with Crippen molar-refractivity contribution < 1.29 is 118 Å². The minimum atomic E-state index is -4.55. The van der Waals surface area contributed by atoms with Crippen molar-refractivity contribution in [1.29, 1.82) is 0 Å². The largest absolute Gasteiger partial charge is 0.554 e. The maximum absolute atomic E-state index is 12.7. The van der Waals surface area contributed by atoms with Gasteiger partial charge in [0.1, 0.15) is 0 Å². The van der Waals surface area contributed by atoms with Crippen LogP contribution in [0, 0.1) is 233 Å².